The molecule has 56 heavy (non-hydrogen) atoms. The summed E-state index contributed by atoms with van der Waals surface area (Å²) in [6, 6.07) is 15.9. The molecule has 0 amide bonds. The first kappa shape index (κ1) is 45.4. The van der Waals surface area contributed by atoms with Crippen LogP contribution < -0.4 is 0 Å². The zero-order valence-electron chi connectivity index (χ0n) is 28.5. The average molecular weight is 970 g/mol. The molecule has 8 rings (SSSR count). The second-order valence-corrected chi connectivity index (χ2v) is 11.1. The Labute approximate surface area is 344 Å². The van der Waals surface area contributed by atoms with E-state index in [1.807, 2.05) is 91.6 Å². The van der Waals surface area contributed by atoms with Gasteiger partial charge >= 0.3 is 59.3 Å². The molecule has 0 radical (unpaired) electrons. The van der Waals surface area contributed by atoms with Gasteiger partial charge in [-0.15, -0.1) is 0 Å². The van der Waals surface area contributed by atoms with Crippen LogP contribution in [-0.4, -0.2) is 72.6 Å². The Hall–Kier alpha value is -4.99. The number of aromatic nitrogens is 12. The van der Waals surface area contributed by atoms with Gasteiger partial charge in [0.2, 0.25) is 0 Å². The van der Waals surface area contributed by atoms with Crippen LogP contribution in [0.15, 0.2) is 123 Å². The summed E-state index contributed by atoms with van der Waals surface area (Å²) in [7, 11) is -12.0. The largest absolute Gasteiger partial charge is 1.00 e. The summed E-state index contributed by atoms with van der Waals surface area (Å²) in [5, 5.41) is 0. The van der Waals surface area contributed by atoms with E-state index < -0.39 is 14.5 Å². The molecule has 0 bridgehead atoms. The predicted octanol–water partition coefficient (Wildman–Crippen LogP) is 6.83. The Kier molecular flexibility index (Phi) is 17.3. The van der Waals surface area contributed by atoms with Gasteiger partial charge in [0.25, 0.3) is 0 Å². The van der Waals surface area contributed by atoms with Crippen LogP contribution in [0.4, 0.5) is 34.5 Å². The summed E-state index contributed by atoms with van der Waals surface area (Å²) < 4.78 is 86.0. The van der Waals surface area contributed by atoms with Crippen LogP contribution in [-0.2, 0) is 70.9 Å². The molecule has 0 aliphatic carbocycles. The molecule has 0 spiro atoms. The third-order valence-corrected chi connectivity index (χ3v) is 7.02. The first-order valence-electron chi connectivity index (χ1n) is 15.8. The van der Waals surface area contributed by atoms with Gasteiger partial charge in [-0.3, -0.25) is 0 Å². The predicted molar refractivity (Wildman–Crippen MR) is 185 cm³/mol. The number of benzene rings is 2. The number of hydrogen-bond acceptors (Lipinski definition) is 8. The van der Waals surface area contributed by atoms with Crippen molar-refractivity contribution in [2.75, 3.05) is 0 Å². The average Bonchev–Trinajstić information content (AvgIpc) is 3.95. The van der Waals surface area contributed by atoms with Crippen LogP contribution in [0.2, 0.25) is 0 Å². The first-order chi connectivity index (χ1) is 25.8. The van der Waals surface area contributed by atoms with Gasteiger partial charge in [-0.25, -0.2) is 39.9 Å². The van der Waals surface area contributed by atoms with E-state index in [4.69, 9.17) is 19.9 Å². The molecule has 24 heteroatoms. The molecule has 8 aromatic rings. The Morgan fingerprint density at radius 2 is 0.571 bits per heavy atom. The Balaban J connectivity index is 0.000000236. The van der Waals surface area contributed by atoms with Crippen molar-refractivity contribution in [3.8, 4) is 0 Å². The SMILES string of the molecule is F[B-](F)(F)F.F[B-](F)(F)F.[Ag+].[Ag+].c1ccc2nc(Cn3ccnc3)c(Cn3ccnc3)nc2c1.c1ccc2nc(Cn3ccnc3)c(Cn3ccnc3)nc2c1. The molecule has 0 aliphatic rings. The van der Waals surface area contributed by atoms with Crippen molar-refractivity contribution >= 4 is 36.6 Å². The maximum Gasteiger partial charge on any atom is 1.00 e. The van der Waals surface area contributed by atoms with Crippen LogP contribution in [0.1, 0.15) is 22.8 Å². The number of imidazole rings is 4. The van der Waals surface area contributed by atoms with Gasteiger partial charge < -0.3 is 52.8 Å². The van der Waals surface area contributed by atoms with Crippen molar-refractivity contribution in [2.24, 2.45) is 0 Å². The van der Waals surface area contributed by atoms with Crippen molar-refractivity contribution in [2.45, 2.75) is 26.2 Å². The van der Waals surface area contributed by atoms with Gasteiger partial charge in [-0.2, -0.15) is 0 Å². The molecule has 0 saturated heterocycles. The summed E-state index contributed by atoms with van der Waals surface area (Å²) in [6.45, 7) is 2.62. The number of halogens is 8. The topological polar surface area (TPSA) is 123 Å². The molecular formula is C32H28Ag2B2F8N12. The number of para-hydroxylation sites is 4. The van der Waals surface area contributed by atoms with Crippen molar-refractivity contribution in [3.63, 3.8) is 0 Å². The van der Waals surface area contributed by atoms with Crippen LogP contribution in [0, 0.1) is 0 Å². The normalized spacial score (nSPS) is 10.9. The van der Waals surface area contributed by atoms with Crippen molar-refractivity contribution in [1.82, 2.24) is 58.1 Å². The maximum absolute atomic E-state index is 9.75. The molecule has 0 atom stereocenters. The van der Waals surface area contributed by atoms with E-state index in [2.05, 4.69) is 19.9 Å². The molecule has 6 aromatic heterocycles. The molecule has 0 aliphatic heterocycles. The third kappa shape index (κ3) is 15.6. The Morgan fingerprint density at radius 3 is 0.732 bits per heavy atom. The van der Waals surface area contributed by atoms with Crippen LogP contribution in [0.5, 0.6) is 0 Å². The summed E-state index contributed by atoms with van der Waals surface area (Å²) in [4.78, 5) is 35.5. The molecule has 300 valence electrons. The van der Waals surface area contributed by atoms with Crippen molar-refractivity contribution in [1.29, 1.82) is 0 Å². The molecule has 6 heterocycles. The van der Waals surface area contributed by atoms with E-state index in [1.165, 1.54) is 0 Å². The fraction of sp³-hybridized carbons (Fsp3) is 0.125. The van der Waals surface area contributed by atoms with Gasteiger partial charge in [0, 0.05) is 49.6 Å². The molecule has 0 fully saturated rings. The fourth-order valence-electron chi connectivity index (χ4n) is 4.87. The van der Waals surface area contributed by atoms with Gasteiger partial charge in [0.05, 0.1) is 96.3 Å². The minimum absolute atomic E-state index is 0. The summed E-state index contributed by atoms with van der Waals surface area (Å²) in [5.74, 6) is 0. The molecule has 0 unspecified atom stereocenters. The molecular weight excluding hydrogens is 942 g/mol. The minimum atomic E-state index is -6.00. The zero-order chi connectivity index (χ0) is 38.6. The Morgan fingerprint density at radius 1 is 0.375 bits per heavy atom. The summed E-state index contributed by atoms with van der Waals surface area (Å²) >= 11 is 0. The minimum Gasteiger partial charge on any atom is -0.418 e. The standard InChI is InChI=1S/2C16H14N6.2Ag.2BF4/c2*1-2-4-14-13(3-1)19-15(9-21-7-5-17-11-21)16(20-14)10-22-8-6-18-12-22;;;2*2-1(3,4)5/h2*1-8,11-12H,9-10H2;;;;/q;;2*+1;2*-1. The van der Waals surface area contributed by atoms with Gasteiger partial charge in [-0.05, 0) is 24.3 Å². The summed E-state index contributed by atoms with van der Waals surface area (Å²) in [6.07, 6.45) is 21.9. The summed E-state index contributed by atoms with van der Waals surface area (Å²) in [5.41, 5.74) is 7.43. The van der Waals surface area contributed by atoms with E-state index in [0.717, 1.165) is 44.8 Å². The van der Waals surface area contributed by atoms with Crippen LogP contribution >= 0.6 is 0 Å². The van der Waals surface area contributed by atoms with E-state index in [1.54, 1.807) is 50.1 Å². The van der Waals surface area contributed by atoms with Crippen molar-refractivity contribution < 1.29 is 79.3 Å². The molecule has 0 saturated carbocycles. The van der Waals surface area contributed by atoms with E-state index >= 15 is 0 Å². The molecule has 12 nitrogen and oxygen atoms in total. The number of hydrogen-bond donors (Lipinski definition) is 0. The Bertz CT molecular complexity index is 1990. The molecule has 2 aromatic carbocycles. The fourth-order valence-corrected chi connectivity index (χ4v) is 4.87. The number of nitrogens with zero attached hydrogens (tertiary/aromatic N) is 12. The van der Waals surface area contributed by atoms with E-state index in [-0.39, 0.29) is 44.8 Å². The second-order valence-electron chi connectivity index (χ2n) is 11.1. The smallest absolute Gasteiger partial charge is 0.418 e. The van der Waals surface area contributed by atoms with Gasteiger partial charge in [-0.1, -0.05) is 24.3 Å². The van der Waals surface area contributed by atoms with Crippen molar-refractivity contribution in [3.05, 3.63) is 146 Å². The quantitative estimate of drug-likeness (QED) is 0.120. The van der Waals surface area contributed by atoms with E-state index in [9.17, 15) is 34.5 Å². The van der Waals surface area contributed by atoms with Gasteiger partial charge in [0.1, 0.15) is 0 Å². The third-order valence-electron chi connectivity index (χ3n) is 7.02. The zero-order valence-corrected chi connectivity index (χ0v) is 31.5. The van der Waals surface area contributed by atoms with E-state index in [0.29, 0.717) is 26.2 Å². The number of fused-ring (bicyclic) bond motifs is 2. The number of rotatable bonds is 8. The van der Waals surface area contributed by atoms with Crippen LogP contribution in [0.25, 0.3) is 22.1 Å². The van der Waals surface area contributed by atoms with Crippen LogP contribution in [0.3, 0.4) is 0 Å². The first-order valence-corrected chi connectivity index (χ1v) is 15.8. The van der Waals surface area contributed by atoms with Gasteiger partial charge in [0.15, 0.2) is 0 Å². The second kappa shape index (κ2) is 21.3. The maximum atomic E-state index is 9.75. The monoisotopic (exact) mass is 968 g/mol. The molecule has 0 N–H and O–H groups in total.